The number of carboxylic acids is 1. The topological polar surface area (TPSA) is 63.6 Å². The second-order valence-corrected chi connectivity index (χ2v) is 12.6. The van der Waals surface area contributed by atoms with Crippen molar-refractivity contribution in [1.82, 2.24) is 0 Å². The summed E-state index contributed by atoms with van der Waals surface area (Å²) in [4.78, 5) is 25.1. The molecule has 0 aromatic heterocycles. The molecule has 0 bridgehead atoms. The van der Waals surface area contributed by atoms with Gasteiger partial charge in [-0.3, -0.25) is 9.59 Å². The van der Waals surface area contributed by atoms with E-state index in [2.05, 4.69) is 34.6 Å². The zero-order valence-corrected chi connectivity index (χ0v) is 23.9. The zero-order valence-electron chi connectivity index (χ0n) is 23.9. The lowest BCUT2D eigenvalue weighted by molar-refractivity contribution is -0.168. The van der Waals surface area contributed by atoms with Crippen LogP contribution in [0.1, 0.15) is 144 Å². The van der Waals surface area contributed by atoms with Gasteiger partial charge in [0.05, 0.1) is 11.3 Å². The molecule has 0 radical (unpaired) electrons. The van der Waals surface area contributed by atoms with Crippen LogP contribution < -0.4 is 0 Å². The molecule has 4 nitrogen and oxygen atoms in total. The van der Waals surface area contributed by atoms with Crippen LogP contribution >= 0.6 is 0 Å². The fraction of sp³-hybridized carbons (Fsp3) is 0.871. The number of rotatable bonds is 18. The molecule has 0 fully saturated rings. The SMILES string of the molecule is CCCCCCCCCCCCC(CCC(C)CC(C)(C)C)OC(=O)C1(C)C=CCCC1C(=O)O. The molecule has 0 aromatic rings. The predicted molar refractivity (Wildman–Crippen MR) is 146 cm³/mol. The minimum absolute atomic E-state index is 0.124. The molecule has 1 aliphatic carbocycles. The van der Waals surface area contributed by atoms with E-state index in [4.69, 9.17) is 4.74 Å². The summed E-state index contributed by atoms with van der Waals surface area (Å²) in [7, 11) is 0. The number of aliphatic carboxylic acids is 1. The Labute approximate surface area is 216 Å². The summed E-state index contributed by atoms with van der Waals surface area (Å²) >= 11 is 0. The van der Waals surface area contributed by atoms with Crippen LogP contribution in [-0.4, -0.2) is 23.1 Å². The molecule has 0 saturated carbocycles. The maximum absolute atomic E-state index is 13.3. The highest BCUT2D eigenvalue weighted by atomic mass is 16.5. The lowest BCUT2D eigenvalue weighted by atomic mass is 9.71. The Kier molecular flexibility index (Phi) is 14.9. The van der Waals surface area contributed by atoms with Gasteiger partial charge in [0, 0.05) is 0 Å². The average molecular weight is 493 g/mol. The van der Waals surface area contributed by atoms with Crippen molar-refractivity contribution in [3.8, 4) is 0 Å². The van der Waals surface area contributed by atoms with E-state index in [-0.39, 0.29) is 17.5 Å². The zero-order chi connectivity index (χ0) is 26.3. The Morgan fingerprint density at radius 1 is 0.971 bits per heavy atom. The van der Waals surface area contributed by atoms with E-state index in [1.807, 2.05) is 6.08 Å². The largest absolute Gasteiger partial charge is 0.481 e. The highest BCUT2D eigenvalue weighted by Gasteiger charge is 2.46. The van der Waals surface area contributed by atoms with Crippen LogP contribution in [-0.2, 0) is 14.3 Å². The van der Waals surface area contributed by atoms with Crippen LogP contribution in [0.25, 0.3) is 0 Å². The quantitative estimate of drug-likeness (QED) is 0.118. The third-order valence-corrected chi connectivity index (χ3v) is 7.64. The minimum Gasteiger partial charge on any atom is -0.481 e. The second kappa shape index (κ2) is 16.4. The molecule has 1 rings (SSSR count). The summed E-state index contributed by atoms with van der Waals surface area (Å²) in [5, 5.41) is 9.70. The van der Waals surface area contributed by atoms with E-state index in [9.17, 15) is 14.7 Å². The molecule has 4 heteroatoms. The minimum atomic E-state index is -1.07. The molecule has 204 valence electrons. The molecular formula is C31H56O4. The van der Waals surface area contributed by atoms with E-state index >= 15 is 0 Å². The monoisotopic (exact) mass is 492 g/mol. The van der Waals surface area contributed by atoms with Crippen molar-refractivity contribution in [2.75, 3.05) is 0 Å². The van der Waals surface area contributed by atoms with Crippen molar-refractivity contribution in [1.29, 1.82) is 0 Å². The van der Waals surface area contributed by atoms with Crippen LogP contribution in [0.3, 0.4) is 0 Å². The van der Waals surface area contributed by atoms with Crippen molar-refractivity contribution in [2.45, 2.75) is 150 Å². The molecule has 0 saturated heterocycles. The normalized spacial score (nSPS) is 22.1. The van der Waals surface area contributed by atoms with Crippen LogP contribution in [0, 0.1) is 22.7 Å². The van der Waals surface area contributed by atoms with Gasteiger partial charge in [0.2, 0.25) is 0 Å². The molecule has 4 atom stereocenters. The molecule has 0 heterocycles. The van der Waals surface area contributed by atoms with Crippen molar-refractivity contribution in [3.05, 3.63) is 12.2 Å². The number of hydrogen-bond donors (Lipinski definition) is 1. The first-order valence-corrected chi connectivity index (χ1v) is 14.6. The predicted octanol–water partition coefficient (Wildman–Crippen LogP) is 9.12. The molecule has 0 amide bonds. The maximum atomic E-state index is 13.3. The van der Waals surface area contributed by atoms with Crippen molar-refractivity contribution in [3.63, 3.8) is 0 Å². The van der Waals surface area contributed by atoms with Gasteiger partial charge in [-0.1, -0.05) is 105 Å². The third kappa shape index (κ3) is 13.0. The van der Waals surface area contributed by atoms with Crippen LogP contribution in [0.15, 0.2) is 12.2 Å². The standard InChI is InChI=1S/C31H56O4/c1-7-8-9-10-11-12-13-14-15-16-19-26(22-21-25(2)24-30(3,4)5)35-29(34)31(6)23-18-17-20-27(31)28(32)33/h18,23,25-27H,7-17,19-22,24H2,1-6H3,(H,32,33). The van der Waals surface area contributed by atoms with E-state index < -0.39 is 17.3 Å². The Morgan fingerprint density at radius 3 is 2.09 bits per heavy atom. The van der Waals surface area contributed by atoms with Gasteiger partial charge in [0.15, 0.2) is 0 Å². The summed E-state index contributed by atoms with van der Waals surface area (Å²) in [6.45, 7) is 13.1. The summed E-state index contributed by atoms with van der Waals surface area (Å²) < 4.78 is 6.08. The van der Waals surface area contributed by atoms with Crippen molar-refractivity contribution < 1.29 is 19.4 Å². The van der Waals surface area contributed by atoms with Gasteiger partial charge >= 0.3 is 11.9 Å². The number of carboxylic acid groups (broad SMARTS) is 1. The summed E-state index contributed by atoms with van der Waals surface area (Å²) in [5.41, 5.74) is -0.783. The summed E-state index contributed by atoms with van der Waals surface area (Å²) in [6.07, 6.45) is 21.5. The van der Waals surface area contributed by atoms with Crippen LogP contribution in [0.5, 0.6) is 0 Å². The van der Waals surface area contributed by atoms with Gasteiger partial charge < -0.3 is 9.84 Å². The number of ether oxygens (including phenoxy) is 1. The molecule has 35 heavy (non-hydrogen) atoms. The Hall–Kier alpha value is -1.32. The molecule has 0 aliphatic heterocycles. The average Bonchev–Trinajstić information content (AvgIpc) is 2.77. The number of hydrogen-bond acceptors (Lipinski definition) is 3. The fourth-order valence-corrected chi connectivity index (χ4v) is 5.62. The number of carbonyl (C=O) groups excluding carboxylic acids is 1. The Bertz CT molecular complexity index is 632. The maximum Gasteiger partial charge on any atom is 0.316 e. The van der Waals surface area contributed by atoms with E-state index in [1.54, 1.807) is 13.0 Å². The second-order valence-electron chi connectivity index (χ2n) is 12.6. The van der Waals surface area contributed by atoms with E-state index in [1.165, 1.54) is 57.8 Å². The highest BCUT2D eigenvalue weighted by molar-refractivity contribution is 5.86. The molecule has 0 spiro atoms. The third-order valence-electron chi connectivity index (χ3n) is 7.64. The first-order valence-electron chi connectivity index (χ1n) is 14.6. The van der Waals surface area contributed by atoms with Gasteiger partial charge in [0.1, 0.15) is 6.10 Å². The first-order chi connectivity index (χ1) is 16.5. The molecule has 1 aliphatic rings. The van der Waals surface area contributed by atoms with Gasteiger partial charge in [-0.25, -0.2) is 0 Å². The van der Waals surface area contributed by atoms with Gasteiger partial charge in [-0.2, -0.15) is 0 Å². The first kappa shape index (κ1) is 31.7. The van der Waals surface area contributed by atoms with E-state index in [0.717, 1.165) is 32.1 Å². The Balaban J connectivity index is 2.60. The van der Waals surface area contributed by atoms with Gasteiger partial charge in [-0.05, 0) is 63.2 Å². The van der Waals surface area contributed by atoms with Gasteiger partial charge in [0.25, 0.3) is 0 Å². The molecule has 4 unspecified atom stereocenters. The molecular weight excluding hydrogens is 436 g/mol. The Morgan fingerprint density at radius 2 is 1.54 bits per heavy atom. The lowest BCUT2D eigenvalue weighted by Crippen LogP contribution is -2.42. The van der Waals surface area contributed by atoms with Crippen molar-refractivity contribution in [2.24, 2.45) is 22.7 Å². The highest BCUT2D eigenvalue weighted by Crippen LogP contribution is 2.39. The number of carbonyl (C=O) groups is 2. The summed E-state index contributed by atoms with van der Waals surface area (Å²) in [6, 6.07) is 0. The number of esters is 1. The molecule has 0 aromatic carbocycles. The fourth-order valence-electron chi connectivity index (χ4n) is 5.62. The number of unbranched alkanes of at least 4 members (excludes halogenated alkanes) is 9. The van der Waals surface area contributed by atoms with E-state index in [0.29, 0.717) is 18.8 Å². The van der Waals surface area contributed by atoms with Gasteiger partial charge in [-0.15, -0.1) is 0 Å². The van der Waals surface area contributed by atoms with Crippen LogP contribution in [0.4, 0.5) is 0 Å². The number of allylic oxidation sites excluding steroid dienone is 1. The van der Waals surface area contributed by atoms with Crippen LogP contribution in [0.2, 0.25) is 0 Å². The van der Waals surface area contributed by atoms with Crippen molar-refractivity contribution >= 4 is 11.9 Å². The summed E-state index contributed by atoms with van der Waals surface area (Å²) in [5.74, 6) is -1.40. The lowest BCUT2D eigenvalue weighted by Gasteiger charge is -2.34. The molecule has 1 N–H and O–H groups in total. The smallest absolute Gasteiger partial charge is 0.316 e.